The van der Waals surface area contributed by atoms with E-state index in [1.165, 1.54) is 0 Å². The zero-order valence-corrected chi connectivity index (χ0v) is 10.1. The molecule has 1 fully saturated rings. The summed E-state index contributed by atoms with van der Waals surface area (Å²) in [4.78, 5) is 20.0. The first-order valence-corrected chi connectivity index (χ1v) is 5.82. The number of piperazine rings is 1. The minimum Gasteiger partial charge on any atom is -0.406 e. The Morgan fingerprint density at radius 3 is 3.22 bits per heavy atom. The van der Waals surface area contributed by atoms with E-state index in [2.05, 4.69) is 21.9 Å². The molecule has 1 saturated heterocycles. The van der Waals surface area contributed by atoms with Crippen LogP contribution in [0.25, 0.3) is 11.2 Å². The van der Waals surface area contributed by atoms with Gasteiger partial charge in [-0.1, -0.05) is 0 Å². The Labute approximate surface area is 103 Å². The van der Waals surface area contributed by atoms with Crippen molar-refractivity contribution in [3.8, 4) is 0 Å². The van der Waals surface area contributed by atoms with Gasteiger partial charge in [-0.05, 0) is 18.7 Å². The number of H-pyrrole nitrogens is 1. The van der Waals surface area contributed by atoms with E-state index >= 15 is 0 Å². The summed E-state index contributed by atoms with van der Waals surface area (Å²) >= 11 is 0. The molecule has 18 heavy (non-hydrogen) atoms. The quantitative estimate of drug-likeness (QED) is 0.673. The largest absolute Gasteiger partial charge is 0.418 e. The summed E-state index contributed by atoms with van der Waals surface area (Å²) in [5.74, 6) is 5.52. The van der Waals surface area contributed by atoms with Gasteiger partial charge in [-0.3, -0.25) is 10.8 Å². The standard InChI is InChI=1S/C11H15N5O2/c1-15-2-3-16(12)8(6-15)7-4-9-10(13-5-7)14-11(17)18-9/h4-5,8H,2-3,6,12H2,1H3,(H,13,14,17). The van der Waals surface area contributed by atoms with Crippen LogP contribution in [0.4, 0.5) is 0 Å². The molecule has 2 aromatic rings. The third-order valence-electron chi connectivity index (χ3n) is 3.31. The van der Waals surface area contributed by atoms with Crippen molar-refractivity contribution in [2.45, 2.75) is 6.04 Å². The maximum atomic E-state index is 11.1. The van der Waals surface area contributed by atoms with Crippen LogP contribution in [0, 0.1) is 0 Å². The van der Waals surface area contributed by atoms with Crippen molar-refractivity contribution >= 4 is 11.2 Å². The van der Waals surface area contributed by atoms with Gasteiger partial charge in [-0.2, -0.15) is 0 Å². The highest BCUT2D eigenvalue weighted by atomic mass is 16.4. The molecule has 7 heteroatoms. The van der Waals surface area contributed by atoms with E-state index in [9.17, 15) is 4.79 Å². The van der Waals surface area contributed by atoms with Crippen molar-refractivity contribution in [2.75, 3.05) is 26.7 Å². The first-order chi connectivity index (χ1) is 8.63. The van der Waals surface area contributed by atoms with Crippen LogP contribution < -0.4 is 11.6 Å². The molecule has 1 unspecified atom stereocenters. The maximum Gasteiger partial charge on any atom is 0.418 e. The zero-order valence-electron chi connectivity index (χ0n) is 10.1. The van der Waals surface area contributed by atoms with Gasteiger partial charge in [0.25, 0.3) is 0 Å². The summed E-state index contributed by atoms with van der Waals surface area (Å²) in [6.07, 6.45) is 1.73. The van der Waals surface area contributed by atoms with Crippen LogP contribution in [-0.2, 0) is 0 Å². The molecule has 2 aromatic heterocycles. The van der Waals surface area contributed by atoms with Crippen molar-refractivity contribution in [3.63, 3.8) is 0 Å². The number of likely N-dealkylation sites (N-methyl/N-ethyl adjacent to an activating group) is 1. The van der Waals surface area contributed by atoms with E-state index in [4.69, 9.17) is 10.3 Å². The molecule has 1 aliphatic heterocycles. The number of aromatic nitrogens is 2. The summed E-state index contributed by atoms with van der Waals surface area (Å²) in [5, 5.41) is 1.80. The SMILES string of the molecule is CN1CCN(N)C(c2cnc3[nH]c(=O)oc3c2)C1. The normalized spacial score (nSPS) is 22.7. The zero-order chi connectivity index (χ0) is 12.7. The predicted octanol–water partition coefficient (Wildman–Crippen LogP) is -0.322. The lowest BCUT2D eigenvalue weighted by atomic mass is 10.1. The fraction of sp³-hybridized carbons (Fsp3) is 0.455. The second kappa shape index (κ2) is 4.20. The fourth-order valence-corrected chi connectivity index (χ4v) is 2.27. The Bertz CT molecular complexity index is 619. The van der Waals surface area contributed by atoms with Gasteiger partial charge in [0.1, 0.15) is 0 Å². The van der Waals surface area contributed by atoms with Crippen molar-refractivity contribution in [1.82, 2.24) is 19.9 Å². The molecule has 0 aromatic carbocycles. The fourth-order valence-electron chi connectivity index (χ4n) is 2.27. The Kier molecular flexibility index (Phi) is 2.66. The third-order valence-corrected chi connectivity index (χ3v) is 3.31. The Morgan fingerprint density at radius 1 is 1.56 bits per heavy atom. The molecule has 3 N–H and O–H groups in total. The number of aromatic amines is 1. The van der Waals surface area contributed by atoms with Gasteiger partial charge in [-0.15, -0.1) is 0 Å². The van der Waals surface area contributed by atoms with E-state index in [-0.39, 0.29) is 6.04 Å². The average Bonchev–Trinajstić information content (AvgIpc) is 2.71. The van der Waals surface area contributed by atoms with E-state index < -0.39 is 5.76 Å². The summed E-state index contributed by atoms with van der Waals surface area (Å²) in [6.45, 7) is 2.58. The van der Waals surface area contributed by atoms with Crippen molar-refractivity contribution < 1.29 is 4.42 Å². The van der Waals surface area contributed by atoms with E-state index in [0.717, 1.165) is 25.2 Å². The molecule has 3 heterocycles. The molecule has 0 saturated carbocycles. The minimum absolute atomic E-state index is 0.0702. The van der Waals surface area contributed by atoms with Crippen LogP contribution in [0.15, 0.2) is 21.5 Å². The number of hydrogen-bond donors (Lipinski definition) is 2. The van der Waals surface area contributed by atoms with Crippen LogP contribution in [0.1, 0.15) is 11.6 Å². The van der Waals surface area contributed by atoms with Gasteiger partial charge in [0.2, 0.25) is 0 Å². The van der Waals surface area contributed by atoms with Crippen LogP contribution in [0.5, 0.6) is 0 Å². The van der Waals surface area contributed by atoms with Crippen molar-refractivity contribution in [3.05, 3.63) is 28.4 Å². The number of nitrogens with two attached hydrogens (primary N) is 1. The maximum absolute atomic E-state index is 11.1. The van der Waals surface area contributed by atoms with Gasteiger partial charge < -0.3 is 9.32 Å². The van der Waals surface area contributed by atoms with Crippen molar-refractivity contribution in [1.29, 1.82) is 0 Å². The van der Waals surface area contributed by atoms with Crippen LogP contribution in [-0.4, -0.2) is 46.6 Å². The van der Waals surface area contributed by atoms with Gasteiger partial charge in [0, 0.05) is 25.8 Å². The molecule has 3 rings (SSSR count). The highest BCUT2D eigenvalue weighted by Crippen LogP contribution is 2.23. The summed E-state index contributed by atoms with van der Waals surface area (Å²) in [5.41, 5.74) is 1.90. The lowest BCUT2D eigenvalue weighted by molar-refractivity contribution is 0.0904. The average molecular weight is 249 g/mol. The lowest BCUT2D eigenvalue weighted by Crippen LogP contribution is -2.50. The first kappa shape index (κ1) is 11.4. The minimum atomic E-state index is -0.486. The second-order valence-electron chi connectivity index (χ2n) is 4.65. The number of hydrogen-bond acceptors (Lipinski definition) is 6. The number of nitrogens with one attached hydrogen (secondary N) is 1. The molecule has 1 aliphatic rings. The van der Waals surface area contributed by atoms with Gasteiger partial charge >= 0.3 is 5.76 Å². The summed E-state index contributed by atoms with van der Waals surface area (Å²) < 4.78 is 5.01. The Balaban J connectivity index is 1.99. The van der Waals surface area contributed by atoms with Crippen molar-refractivity contribution in [2.24, 2.45) is 5.84 Å². The van der Waals surface area contributed by atoms with Gasteiger partial charge in [-0.25, -0.2) is 14.8 Å². The summed E-state index contributed by atoms with van der Waals surface area (Å²) in [7, 11) is 2.06. The van der Waals surface area contributed by atoms with E-state index in [0.29, 0.717) is 11.2 Å². The Morgan fingerprint density at radius 2 is 2.39 bits per heavy atom. The molecular weight excluding hydrogens is 234 g/mol. The van der Waals surface area contributed by atoms with Crippen LogP contribution in [0.3, 0.4) is 0 Å². The van der Waals surface area contributed by atoms with Gasteiger partial charge in [0.05, 0.1) is 6.04 Å². The Hall–Kier alpha value is -1.70. The smallest absolute Gasteiger partial charge is 0.406 e. The number of pyridine rings is 1. The summed E-state index contributed by atoms with van der Waals surface area (Å²) in [6, 6.07) is 1.89. The second-order valence-corrected chi connectivity index (χ2v) is 4.65. The first-order valence-electron chi connectivity index (χ1n) is 5.82. The molecule has 0 aliphatic carbocycles. The number of hydrazine groups is 1. The molecule has 0 radical (unpaired) electrons. The number of rotatable bonds is 1. The van der Waals surface area contributed by atoms with Gasteiger partial charge in [0.15, 0.2) is 11.2 Å². The topological polar surface area (TPSA) is 91.4 Å². The highest BCUT2D eigenvalue weighted by molar-refractivity contribution is 5.67. The van der Waals surface area contributed by atoms with E-state index in [1.807, 2.05) is 6.07 Å². The molecule has 96 valence electrons. The molecule has 1 atom stereocenters. The lowest BCUT2D eigenvalue weighted by Gasteiger charge is -2.37. The monoisotopic (exact) mass is 249 g/mol. The van der Waals surface area contributed by atoms with Crippen LogP contribution >= 0.6 is 0 Å². The molecule has 0 spiro atoms. The highest BCUT2D eigenvalue weighted by Gasteiger charge is 2.25. The third kappa shape index (κ3) is 1.92. The molecule has 0 amide bonds. The predicted molar refractivity (Wildman–Crippen MR) is 65.8 cm³/mol. The number of oxazole rings is 1. The number of fused-ring (bicyclic) bond motifs is 1. The van der Waals surface area contributed by atoms with E-state index in [1.54, 1.807) is 11.2 Å². The van der Waals surface area contributed by atoms with Crippen LogP contribution in [0.2, 0.25) is 0 Å². The molecular formula is C11H15N5O2. The molecule has 0 bridgehead atoms. The molecule has 7 nitrogen and oxygen atoms in total. The number of nitrogens with zero attached hydrogens (tertiary/aromatic N) is 3.